The Morgan fingerprint density at radius 2 is 1.97 bits per heavy atom. The maximum Gasteiger partial charge on any atom is 0.416 e. The third-order valence-electron chi connectivity index (χ3n) is 4.78. The fourth-order valence-corrected chi connectivity index (χ4v) is 3.48. The second-order valence-corrected chi connectivity index (χ2v) is 7.34. The largest absolute Gasteiger partial charge is 0.416 e. The van der Waals surface area contributed by atoms with E-state index in [9.17, 15) is 32.3 Å². The number of benzene rings is 2. The van der Waals surface area contributed by atoms with Crippen LogP contribution in [-0.2, 0) is 22.2 Å². The van der Waals surface area contributed by atoms with Gasteiger partial charge in [-0.1, -0.05) is 17.7 Å². The average molecular weight is 445 g/mol. The molecule has 1 saturated heterocycles. The smallest absolute Gasteiger partial charge is 0.372 e. The number of carbonyl (C=O) groups is 2. The summed E-state index contributed by atoms with van der Waals surface area (Å²) < 4.78 is 52.1. The first-order valence-corrected chi connectivity index (χ1v) is 9.33. The van der Waals surface area contributed by atoms with E-state index in [1.807, 2.05) is 0 Å². The highest BCUT2D eigenvalue weighted by Gasteiger charge is 2.51. The zero-order valence-corrected chi connectivity index (χ0v) is 16.2. The van der Waals surface area contributed by atoms with Crippen LogP contribution in [0, 0.1) is 5.82 Å². The van der Waals surface area contributed by atoms with E-state index < -0.39 is 35.0 Å². The predicted molar refractivity (Wildman–Crippen MR) is 101 cm³/mol. The van der Waals surface area contributed by atoms with Crippen molar-refractivity contribution >= 4 is 29.1 Å². The zero-order valence-electron chi connectivity index (χ0n) is 15.5. The molecule has 0 saturated carbocycles. The highest BCUT2D eigenvalue weighted by atomic mass is 35.5. The number of anilines is 1. The molecule has 1 aliphatic heterocycles. The normalized spacial score (nSPS) is 19.3. The molecule has 30 heavy (non-hydrogen) atoms. The molecule has 160 valence electrons. The molecule has 2 aromatic rings. The van der Waals surface area contributed by atoms with Gasteiger partial charge in [-0.25, -0.2) is 4.39 Å². The minimum Gasteiger partial charge on any atom is -0.372 e. The van der Waals surface area contributed by atoms with Crippen molar-refractivity contribution in [3.63, 3.8) is 0 Å². The number of hydrogen-bond acceptors (Lipinski definition) is 3. The van der Waals surface area contributed by atoms with Crippen LogP contribution in [0.4, 0.5) is 23.2 Å². The van der Waals surface area contributed by atoms with E-state index in [4.69, 9.17) is 11.6 Å². The summed E-state index contributed by atoms with van der Waals surface area (Å²) in [6.07, 6.45) is -4.67. The molecule has 1 atom stereocenters. The summed E-state index contributed by atoms with van der Waals surface area (Å²) in [5.74, 6) is -2.51. The highest BCUT2D eigenvalue weighted by Crippen LogP contribution is 2.34. The van der Waals surface area contributed by atoms with Crippen LogP contribution in [-0.4, -0.2) is 35.6 Å². The Kier molecular flexibility index (Phi) is 6.05. The van der Waals surface area contributed by atoms with Gasteiger partial charge in [-0.2, -0.15) is 13.2 Å². The number of alkyl halides is 3. The minimum absolute atomic E-state index is 0.00222. The molecule has 0 radical (unpaired) electrons. The number of nitrogens with one attached hydrogen (secondary N) is 1. The molecular weight excluding hydrogens is 428 g/mol. The van der Waals surface area contributed by atoms with Crippen LogP contribution < -0.4 is 10.2 Å². The third-order valence-corrected chi connectivity index (χ3v) is 5.00. The van der Waals surface area contributed by atoms with Gasteiger partial charge in [0.05, 0.1) is 5.56 Å². The van der Waals surface area contributed by atoms with Crippen molar-refractivity contribution in [3.05, 3.63) is 64.4 Å². The van der Waals surface area contributed by atoms with Crippen LogP contribution in [0.5, 0.6) is 0 Å². The lowest BCUT2D eigenvalue weighted by molar-refractivity contribution is -0.149. The molecule has 2 N–H and O–H groups in total. The molecular formula is C20H17ClF4N2O3. The lowest BCUT2D eigenvalue weighted by Crippen LogP contribution is -2.52. The van der Waals surface area contributed by atoms with Crippen LogP contribution in [0.1, 0.15) is 17.5 Å². The van der Waals surface area contributed by atoms with Gasteiger partial charge in [0.25, 0.3) is 11.8 Å². The summed E-state index contributed by atoms with van der Waals surface area (Å²) in [7, 11) is 0. The molecule has 2 aromatic carbocycles. The van der Waals surface area contributed by atoms with Gasteiger partial charge in [-0.05, 0) is 48.4 Å². The molecule has 0 spiro atoms. The second kappa shape index (κ2) is 8.23. The van der Waals surface area contributed by atoms with Crippen LogP contribution in [0.15, 0.2) is 42.5 Å². The summed E-state index contributed by atoms with van der Waals surface area (Å²) in [6.45, 7) is -0.124. The third kappa shape index (κ3) is 4.57. The summed E-state index contributed by atoms with van der Waals surface area (Å²) in [5.41, 5.74) is -2.89. The Morgan fingerprint density at radius 3 is 2.63 bits per heavy atom. The van der Waals surface area contributed by atoms with E-state index in [0.29, 0.717) is 5.56 Å². The Bertz CT molecular complexity index is 963. The fourth-order valence-electron chi connectivity index (χ4n) is 3.23. The van der Waals surface area contributed by atoms with Crippen molar-refractivity contribution in [1.82, 2.24) is 5.32 Å². The average Bonchev–Trinajstić information content (AvgIpc) is 2.96. The first-order chi connectivity index (χ1) is 14.0. The van der Waals surface area contributed by atoms with Crippen molar-refractivity contribution in [2.24, 2.45) is 0 Å². The second-order valence-electron chi connectivity index (χ2n) is 6.90. The predicted octanol–water partition coefficient (Wildman–Crippen LogP) is 3.32. The van der Waals surface area contributed by atoms with Crippen molar-refractivity contribution in [1.29, 1.82) is 0 Å². The number of rotatable bonds is 5. The maximum atomic E-state index is 13.3. The Hall–Kier alpha value is -2.65. The summed E-state index contributed by atoms with van der Waals surface area (Å²) in [5, 5.41) is 13.2. The maximum absolute atomic E-state index is 13.3. The first kappa shape index (κ1) is 22.0. The summed E-state index contributed by atoms with van der Waals surface area (Å²) in [6, 6.07) is 7.98. The molecule has 1 heterocycles. The molecule has 1 fully saturated rings. The van der Waals surface area contributed by atoms with E-state index in [2.05, 4.69) is 5.32 Å². The van der Waals surface area contributed by atoms with Crippen molar-refractivity contribution in [2.45, 2.75) is 24.6 Å². The van der Waals surface area contributed by atoms with Gasteiger partial charge in [0.1, 0.15) is 5.82 Å². The molecule has 10 heteroatoms. The van der Waals surface area contributed by atoms with Gasteiger partial charge < -0.3 is 15.3 Å². The monoisotopic (exact) mass is 444 g/mol. The molecule has 0 aliphatic carbocycles. The Labute approximate surface area is 174 Å². The topological polar surface area (TPSA) is 69.6 Å². The molecule has 2 amide bonds. The number of carbonyl (C=O) groups excluding carboxylic acids is 2. The van der Waals surface area contributed by atoms with E-state index in [1.165, 1.54) is 18.2 Å². The number of nitrogens with zero attached hydrogens (tertiary/aromatic N) is 1. The van der Waals surface area contributed by atoms with Gasteiger partial charge in [-0.15, -0.1) is 0 Å². The van der Waals surface area contributed by atoms with Crippen LogP contribution >= 0.6 is 11.6 Å². The Morgan fingerprint density at radius 1 is 1.23 bits per heavy atom. The lowest BCUT2D eigenvalue weighted by Gasteiger charge is -2.22. The van der Waals surface area contributed by atoms with Crippen molar-refractivity contribution < 1.29 is 32.3 Å². The van der Waals surface area contributed by atoms with E-state index in [0.717, 1.165) is 29.2 Å². The van der Waals surface area contributed by atoms with E-state index in [-0.39, 0.29) is 36.6 Å². The molecule has 5 nitrogen and oxygen atoms in total. The van der Waals surface area contributed by atoms with Crippen LogP contribution in [0.2, 0.25) is 5.02 Å². The first-order valence-electron chi connectivity index (χ1n) is 8.95. The van der Waals surface area contributed by atoms with Gasteiger partial charge >= 0.3 is 6.18 Å². The van der Waals surface area contributed by atoms with Gasteiger partial charge in [0.15, 0.2) is 0 Å². The number of halogens is 5. The molecule has 0 aromatic heterocycles. The number of hydrogen-bond donors (Lipinski definition) is 2. The zero-order chi connectivity index (χ0) is 22.1. The van der Waals surface area contributed by atoms with Crippen molar-refractivity contribution in [3.8, 4) is 0 Å². The molecule has 1 aliphatic rings. The van der Waals surface area contributed by atoms with Gasteiger partial charge in [0, 0.05) is 30.2 Å². The highest BCUT2D eigenvalue weighted by molar-refractivity contribution is 6.30. The molecule has 0 unspecified atom stereocenters. The minimum atomic E-state index is -4.59. The fraction of sp³-hybridized carbons (Fsp3) is 0.300. The van der Waals surface area contributed by atoms with E-state index >= 15 is 0 Å². The summed E-state index contributed by atoms with van der Waals surface area (Å²) in [4.78, 5) is 26.0. The number of aliphatic hydroxyl groups is 1. The van der Waals surface area contributed by atoms with Crippen molar-refractivity contribution in [2.75, 3.05) is 18.0 Å². The Balaban J connectivity index is 1.66. The molecule has 3 rings (SSSR count). The summed E-state index contributed by atoms with van der Waals surface area (Å²) >= 11 is 5.76. The lowest BCUT2D eigenvalue weighted by atomic mass is 10.0. The van der Waals surface area contributed by atoms with Crippen LogP contribution in [0.3, 0.4) is 0 Å². The number of amides is 2. The standard InChI is InChI=1S/C20H17ClF4N2O3/c21-14-8-12(9-15(22)11-14)4-6-26-17(28)19(30)5-7-27(18(19)29)16-3-1-2-13(10-16)20(23,24)25/h1-3,8-11,30H,4-7H2,(H,26,28)/t19-/m0/s1. The SMILES string of the molecule is O=C(NCCc1cc(F)cc(Cl)c1)[C@@]1(O)CCN(c2cccc(C(F)(F)F)c2)C1=O. The molecule has 0 bridgehead atoms. The van der Waals surface area contributed by atoms with E-state index in [1.54, 1.807) is 0 Å². The van der Waals surface area contributed by atoms with Gasteiger partial charge in [0.2, 0.25) is 5.60 Å². The quantitative estimate of drug-likeness (QED) is 0.549. The van der Waals surface area contributed by atoms with Crippen LogP contribution in [0.25, 0.3) is 0 Å². The van der Waals surface area contributed by atoms with Gasteiger partial charge in [-0.3, -0.25) is 9.59 Å².